The molecular formula is C22H25ClN4O2. The lowest BCUT2D eigenvalue weighted by Crippen LogP contribution is -2.43. The Balaban J connectivity index is 1.64. The first kappa shape index (κ1) is 19.9. The predicted molar refractivity (Wildman–Crippen MR) is 114 cm³/mol. The van der Waals surface area contributed by atoms with Crippen LogP contribution in [0, 0.1) is 5.92 Å². The van der Waals surface area contributed by atoms with E-state index in [4.69, 9.17) is 11.6 Å². The molecule has 29 heavy (non-hydrogen) atoms. The van der Waals surface area contributed by atoms with Crippen LogP contribution in [-0.4, -0.2) is 36.4 Å². The Kier molecular flexibility index (Phi) is 5.32. The number of piperidine rings is 1. The molecule has 0 bridgehead atoms. The quantitative estimate of drug-likeness (QED) is 0.721. The Bertz CT molecular complexity index is 967. The molecule has 3 heterocycles. The predicted octanol–water partition coefficient (Wildman–Crippen LogP) is 3.36. The summed E-state index contributed by atoms with van der Waals surface area (Å²) in [7, 11) is 0. The van der Waals surface area contributed by atoms with Crippen molar-refractivity contribution in [2.75, 3.05) is 25.0 Å². The van der Waals surface area contributed by atoms with Gasteiger partial charge >= 0.3 is 0 Å². The van der Waals surface area contributed by atoms with Crippen molar-refractivity contribution < 1.29 is 9.59 Å². The van der Waals surface area contributed by atoms with Crippen molar-refractivity contribution in [1.29, 1.82) is 0 Å². The van der Waals surface area contributed by atoms with Gasteiger partial charge in [-0.2, -0.15) is 0 Å². The summed E-state index contributed by atoms with van der Waals surface area (Å²) in [5.74, 6) is 0.351. The summed E-state index contributed by atoms with van der Waals surface area (Å²) >= 11 is 6.43. The zero-order valence-corrected chi connectivity index (χ0v) is 17.4. The fraction of sp³-hybridized carbons (Fsp3) is 0.409. The number of anilines is 1. The second kappa shape index (κ2) is 7.76. The van der Waals surface area contributed by atoms with Crippen LogP contribution in [0.3, 0.4) is 0 Å². The normalized spacial score (nSPS) is 20.5. The molecule has 2 aromatic rings. The molecule has 3 N–H and O–H groups in total. The lowest BCUT2D eigenvalue weighted by molar-refractivity contribution is -0.120. The van der Waals surface area contributed by atoms with Crippen molar-refractivity contribution in [3.63, 3.8) is 0 Å². The molecule has 2 aliphatic rings. The third-order valence-electron chi connectivity index (χ3n) is 5.77. The molecule has 2 aliphatic heterocycles. The Hall–Kier alpha value is -2.44. The standard InChI is InChI=1S/C22H25ClN4O2/c1-22(2)12-26-21(29)15-6-5-13(8-17(15)22)16-9-19(25-11-18(16)23)27-20(28)14-4-3-7-24-10-14/h5-6,8-9,11,14,24H,3-4,7,10,12H2,1-2H3,(H,26,29)(H,25,27,28)/t14-/m1/s1. The van der Waals surface area contributed by atoms with Gasteiger partial charge in [0.05, 0.1) is 10.9 Å². The number of rotatable bonds is 3. The van der Waals surface area contributed by atoms with Crippen molar-refractivity contribution >= 4 is 29.2 Å². The molecule has 1 aromatic carbocycles. The summed E-state index contributed by atoms with van der Waals surface area (Å²) < 4.78 is 0. The van der Waals surface area contributed by atoms with Gasteiger partial charge in [0.2, 0.25) is 5.91 Å². The van der Waals surface area contributed by atoms with E-state index in [1.165, 1.54) is 0 Å². The SMILES string of the molecule is CC1(C)CNC(=O)c2ccc(-c3cc(NC(=O)[C@@H]4CCCNC4)ncc3Cl)cc21. The van der Waals surface area contributed by atoms with Crippen molar-refractivity contribution in [2.24, 2.45) is 5.92 Å². The van der Waals surface area contributed by atoms with Crippen molar-refractivity contribution in [3.05, 3.63) is 46.6 Å². The highest BCUT2D eigenvalue weighted by atomic mass is 35.5. The maximum atomic E-state index is 12.5. The minimum atomic E-state index is -0.177. The maximum absolute atomic E-state index is 12.5. The van der Waals surface area contributed by atoms with Gasteiger partial charge in [-0.1, -0.05) is 31.5 Å². The topological polar surface area (TPSA) is 83.1 Å². The highest BCUT2D eigenvalue weighted by Crippen LogP contribution is 2.36. The summed E-state index contributed by atoms with van der Waals surface area (Å²) in [6.07, 6.45) is 3.43. The van der Waals surface area contributed by atoms with Gasteiger partial charge in [-0.3, -0.25) is 9.59 Å². The number of halogens is 1. The molecule has 1 fully saturated rings. The number of fused-ring (bicyclic) bond motifs is 1. The summed E-state index contributed by atoms with van der Waals surface area (Å²) in [6, 6.07) is 7.54. The van der Waals surface area contributed by atoms with E-state index in [0.717, 1.165) is 36.1 Å². The van der Waals surface area contributed by atoms with Gasteiger partial charge in [0, 0.05) is 35.8 Å². The highest BCUT2D eigenvalue weighted by Gasteiger charge is 2.31. The first-order valence-electron chi connectivity index (χ1n) is 9.95. The molecular weight excluding hydrogens is 388 g/mol. The van der Waals surface area contributed by atoms with Crippen LogP contribution in [0.5, 0.6) is 0 Å². The molecule has 0 spiro atoms. The van der Waals surface area contributed by atoms with Crippen LogP contribution in [0.2, 0.25) is 5.02 Å². The Morgan fingerprint density at radius 3 is 2.86 bits per heavy atom. The largest absolute Gasteiger partial charge is 0.351 e. The number of aromatic nitrogens is 1. The van der Waals surface area contributed by atoms with E-state index in [1.54, 1.807) is 12.3 Å². The second-order valence-electron chi connectivity index (χ2n) is 8.41. The number of carbonyl (C=O) groups excluding carboxylic acids is 2. The molecule has 6 nitrogen and oxygen atoms in total. The van der Waals surface area contributed by atoms with Crippen LogP contribution in [-0.2, 0) is 10.2 Å². The fourth-order valence-electron chi connectivity index (χ4n) is 3.99. The number of amides is 2. The zero-order chi connectivity index (χ0) is 20.6. The maximum Gasteiger partial charge on any atom is 0.251 e. The number of hydrogen-bond acceptors (Lipinski definition) is 4. The average Bonchev–Trinajstić information content (AvgIpc) is 2.73. The number of nitrogens with one attached hydrogen (secondary N) is 3. The molecule has 1 atom stereocenters. The van der Waals surface area contributed by atoms with Crippen LogP contribution in [0.4, 0.5) is 5.82 Å². The fourth-order valence-corrected chi connectivity index (χ4v) is 4.21. The summed E-state index contributed by atoms with van der Waals surface area (Å²) in [4.78, 5) is 29.0. The third-order valence-corrected chi connectivity index (χ3v) is 6.07. The van der Waals surface area contributed by atoms with Gasteiger partial charge in [-0.25, -0.2) is 4.98 Å². The smallest absolute Gasteiger partial charge is 0.251 e. The Morgan fingerprint density at radius 2 is 2.10 bits per heavy atom. The van der Waals surface area contributed by atoms with Crippen molar-refractivity contribution in [2.45, 2.75) is 32.1 Å². The van der Waals surface area contributed by atoms with E-state index >= 15 is 0 Å². The lowest BCUT2D eigenvalue weighted by atomic mass is 9.78. The number of hydrogen-bond donors (Lipinski definition) is 3. The van der Waals surface area contributed by atoms with E-state index in [9.17, 15) is 9.59 Å². The number of benzene rings is 1. The van der Waals surface area contributed by atoms with Gasteiger partial charge in [0.15, 0.2) is 0 Å². The Labute approximate surface area is 175 Å². The first-order chi connectivity index (χ1) is 13.8. The highest BCUT2D eigenvalue weighted by molar-refractivity contribution is 6.33. The van der Waals surface area contributed by atoms with Crippen LogP contribution in [0.25, 0.3) is 11.1 Å². The molecule has 2 amide bonds. The van der Waals surface area contributed by atoms with E-state index in [-0.39, 0.29) is 23.1 Å². The monoisotopic (exact) mass is 412 g/mol. The van der Waals surface area contributed by atoms with E-state index in [0.29, 0.717) is 29.5 Å². The van der Waals surface area contributed by atoms with E-state index < -0.39 is 0 Å². The number of pyridine rings is 1. The molecule has 0 unspecified atom stereocenters. The summed E-state index contributed by atoms with van der Waals surface area (Å²) in [5.41, 5.74) is 3.18. The van der Waals surface area contributed by atoms with Gasteiger partial charge in [-0.05, 0) is 48.7 Å². The number of carbonyl (C=O) groups is 2. The van der Waals surface area contributed by atoms with Crippen LogP contribution < -0.4 is 16.0 Å². The van der Waals surface area contributed by atoms with Gasteiger partial charge in [0.25, 0.3) is 5.91 Å². The van der Waals surface area contributed by atoms with Crippen LogP contribution in [0.15, 0.2) is 30.5 Å². The molecule has 152 valence electrons. The Morgan fingerprint density at radius 1 is 1.28 bits per heavy atom. The average molecular weight is 413 g/mol. The van der Waals surface area contributed by atoms with Gasteiger partial charge < -0.3 is 16.0 Å². The molecule has 4 rings (SSSR count). The van der Waals surface area contributed by atoms with Crippen molar-refractivity contribution in [3.8, 4) is 11.1 Å². The minimum absolute atomic E-state index is 0.0267. The van der Waals surface area contributed by atoms with E-state index in [2.05, 4.69) is 34.8 Å². The van der Waals surface area contributed by atoms with Crippen LogP contribution in [0.1, 0.15) is 42.6 Å². The summed E-state index contributed by atoms with van der Waals surface area (Å²) in [5, 5.41) is 9.61. The second-order valence-corrected chi connectivity index (χ2v) is 8.82. The third kappa shape index (κ3) is 4.00. The summed E-state index contributed by atoms with van der Waals surface area (Å²) in [6.45, 7) is 6.44. The number of nitrogens with zero attached hydrogens (tertiary/aromatic N) is 1. The lowest BCUT2D eigenvalue weighted by Gasteiger charge is -2.33. The zero-order valence-electron chi connectivity index (χ0n) is 16.6. The molecule has 7 heteroatoms. The molecule has 0 radical (unpaired) electrons. The van der Waals surface area contributed by atoms with Crippen molar-refractivity contribution in [1.82, 2.24) is 15.6 Å². The molecule has 0 aliphatic carbocycles. The minimum Gasteiger partial charge on any atom is -0.351 e. The van der Waals surface area contributed by atoms with Gasteiger partial charge in [-0.15, -0.1) is 0 Å². The van der Waals surface area contributed by atoms with Crippen LogP contribution >= 0.6 is 11.6 Å². The molecule has 1 saturated heterocycles. The first-order valence-corrected chi connectivity index (χ1v) is 10.3. The molecule has 0 saturated carbocycles. The molecule has 1 aromatic heterocycles. The van der Waals surface area contributed by atoms with Gasteiger partial charge in [0.1, 0.15) is 5.82 Å². The van der Waals surface area contributed by atoms with E-state index in [1.807, 2.05) is 18.2 Å².